The summed E-state index contributed by atoms with van der Waals surface area (Å²) < 4.78 is 20.4. The predicted octanol–water partition coefficient (Wildman–Crippen LogP) is -0.201. The van der Waals surface area contributed by atoms with E-state index in [1.807, 2.05) is 0 Å². The third-order valence-corrected chi connectivity index (χ3v) is 2.66. The SMILES string of the molecule is C=Cc1cn(CC(O)(OP(O)O)O[PH](=O)O)cn1. The van der Waals surface area contributed by atoms with Gasteiger partial charge in [-0.3, -0.25) is 13.6 Å². The van der Waals surface area contributed by atoms with E-state index >= 15 is 0 Å². The molecule has 0 amide bonds. The zero-order chi connectivity index (χ0) is 13.8. The van der Waals surface area contributed by atoms with Gasteiger partial charge in [0, 0.05) is 6.20 Å². The van der Waals surface area contributed by atoms with Crippen LogP contribution >= 0.6 is 16.9 Å². The first-order valence-corrected chi connectivity index (χ1v) is 6.93. The third-order valence-electron chi connectivity index (χ3n) is 1.72. The fourth-order valence-corrected chi connectivity index (χ4v) is 1.94. The van der Waals surface area contributed by atoms with E-state index in [2.05, 4.69) is 20.6 Å². The van der Waals surface area contributed by atoms with Gasteiger partial charge in [-0.1, -0.05) is 6.58 Å². The summed E-state index contributed by atoms with van der Waals surface area (Å²) in [6, 6.07) is 0. The van der Waals surface area contributed by atoms with Gasteiger partial charge in [0.15, 0.2) is 0 Å². The van der Waals surface area contributed by atoms with Crippen molar-refractivity contribution in [1.29, 1.82) is 0 Å². The Labute approximate surface area is 104 Å². The molecule has 0 fully saturated rings. The van der Waals surface area contributed by atoms with Crippen LogP contribution < -0.4 is 0 Å². The molecule has 0 aromatic carbocycles. The Morgan fingerprint density at radius 1 is 1.67 bits per heavy atom. The van der Waals surface area contributed by atoms with Crippen LogP contribution in [0.5, 0.6) is 0 Å². The molecule has 11 heteroatoms. The molecule has 1 aromatic rings. The highest BCUT2D eigenvalue weighted by molar-refractivity contribution is 7.39. The van der Waals surface area contributed by atoms with Crippen molar-refractivity contribution in [3.05, 3.63) is 24.8 Å². The average Bonchev–Trinajstić information content (AvgIpc) is 2.61. The highest BCUT2D eigenvalue weighted by atomic mass is 31.2. The zero-order valence-corrected chi connectivity index (χ0v) is 10.9. The summed E-state index contributed by atoms with van der Waals surface area (Å²) >= 11 is 0. The molecule has 1 rings (SSSR count). The Bertz CT molecular complexity index is 437. The molecule has 0 aliphatic rings. The summed E-state index contributed by atoms with van der Waals surface area (Å²) in [4.78, 5) is 29.8. The van der Waals surface area contributed by atoms with Crippen molar-refractivity contribution in [2.75, 3.05) is 0 Å². The normalized spacial score (nSPS) is 16.5. The highest BCUT2D eigenvalue weighted by Crippen LogP contribution is 2.37. The summed E-state index contributed by atoms with van der Waals surface area (Å²) in [6.07, 6.45) is 4.16. The molecule has 0 saturated heterocycles. The van der Waals surface area contributed by atoms with Gasteiger partial charge in [0.2, 0.25) is 0 Å². The minimum absolute atomic E-state index is 0.481. The van der Waals surface area contributed by atoms with Crippen LogP contribution in [0.4, 0.5) is 0 Å². The molecule has 102 valence electrons. The minimum atomic E-state index is -3.54. The Balaban J connectivity index is 2.82. The Hall–Kier alpha value is -0.630. The molecular formula is C7H12N2O7P2. The number of hydrogen-bond donors (Lipinski definition) is 4. The van der Waals surface area contributed by atoms with E-state index in [-0.39, 0.29) is 0 Å². The molecule has 0 radical (unpaired) electrons. The monoisotopic (exact) mass is 298 g/mol. The summed E-state index contributed by atoms with van der Waals surface area (Å²) in [5.41, 5.74) is 0.490. The van der Waals surface area contributed by atoms with Gasteiger partial charge in [-0.15, -0.1) is 0 Å². The van der Waals surface area contributed by atoms with Gasteiger partial charge in [0.1, 0.15) is 6.54 Å². The Morgan fingerprint density at radius 3 is 2.78 bits per heavy atom. The fraction of sp³-hybridized carbons (Fsp3) is 0.286. The van der Waals surface area contributed by atoms with Gasteiger partial charge in [0.05, 0.1) is 12.0 Å². The Kier molecular flexibility index (Phi) is 5.58. The largest absolute Gasteiger partial charge is 0.341 e. The van der Waals surface area contributed by atoms with Gasteiger partial charge >= 0.3 is 22.8 Å². The van der Waals surface area contributed by atoms with E-state index in [1.165, 1.54) is 23.2 Å². The number of imidazole rings is 1. The molecule has 0 bridgehead atoms. The first kappa shape index (κ1) is 15.4. The minimum Gasteiger partial charge on any atom is -0.341 e. The van der Waals surface area contributed by atoms with Crippen molar-refractivity contribution < 1.29 is 33.4 Å². The maximum atomic E-state index is 10.6. The van der Waals surface area contributed by atoms with Gasteiger partial charge in [0.25, 0.3) is 0 Å². The third kappa shape index (κ3) is 4.93. The van der Waals surface area contributed by atoms with Gasteiger partial charge in [-0.2, -0.15) is 0 Å². The number of rotatable bonds is 7. The quantitative estimate of drug-likeness (QED) is 0.401. The standard InChI is InChI=1S/C7H12N2O7P2/c1-2-6-3-9(5-8-6)4-7(10,15-17(11)12)16-18(13)14/h2-3,5,10-12,18H,1,4H2,(H,13,14). The van der Waals surface area contributed by atoms with Crippen LogP contribution in [0.2, 0.25) is 0 Å². The van der Waals surface area contributed by atoms with E-state index < -0.39 is 29.4 Å². The summed E-state index contributed by atoms with van der Waals surface area (Å²) in [6.45, 7) is 2.99. The molecule has 1 heterocycles. The van der Waals surface area contributed by atoms with Crippen molar-refractivity contribution >= 4 is 22.9 Å². The maximum absolute atomic E-state index is 10.6. The first-order chi connectivity index (χ1) is 8.34. The number of nitrogens with zero attached hydrogens (tertiary/aromatic N) is 2. The lowest BCUT2D eigenvalue weighted by atomic mass is 10.5. The van der Waals surface area contributed by atoms with E-state index in [1.54, 1.807) is 0 Å². The summed E-state index contributed by atoms with van der Waals surface area (Å²) in [5, 5.41) is 9.73. The van der Waals surface area contributed by atoms with Crippen LogP contribution in [0.25, 0.3) is 6.08 Å². The molecule has 9 nitrogen and oxygen atoms in total. The van der Waals surface area contributed by atoms with Gasteiger partial charge in [-0.25, -0.2) is 4.98 Å². The number of aliphatic hydroxyl groups is 1. The van der Waals surface area contributed by atoms with E-state index in [9.17, 15) is 9.67 Å². The van der Waals surface area contributed by atoms with Crippen LogP contribution in [0, 0.1) is 0 Å². The smallest absolute Gasteiger partial charge is 0.331 e. The average molecular weight is 298 g/mol. The lowest BCUT2D eigenvalue weighted by Gasteiger charge is -2.26. The van der Waals surface area contributed by atoms with E-state index in [0.717, 1.165) is 0 Å². The van der Waals surface area contributed by atoms with Crippen LogP contribution in [0.1, 0.15) is 5.69 Å². The second kappa shape index (κ2) is 6.51. The van der Waals surface area contributed by atoms with Crippen molar-refractivity contribution in [3.8, 4) is 0 Å². The molecule has 2 atom stereocenters. The summed E-state index contributed by atoms with van der Waals surface area (Å²) in [7, 11) is -6.52. The van der Waals surface area contributed by atoms with Crippen molar-refractivity contribution in [1.82, 2.24) is 9.55 Å². The topological polar surface area (TPSA) is 134 Å². The molecule has 18 heavy (non-hydrogen) atoms. The first-order valence-electron chi connectivity index (χ1n) is 4.50. The van der Waals surface area contributed by atoms with Crippen molar-refractivity contribution in [3.63, 3.8) is 0 Å². The number of aromatic nitrogens is 2. The zero-order valence-electron chi connectivity index (χ0n) is 9.00. The van der Waals surface area contributed by atoms with Gasteiger partial charge < -0.3 is 24.4 Å². The molecular weight excluding hydrogens is 286 g/mol. The lowest BCUT2D eigenvalue weighted by molar-refractivity contribution is -0.283. The molecule has 4 N–H and O–H groups in total. The summed E-state index contributed by atoms with van der Waals surface area (Å²) in [5.74, 6) is -2.64. The predicted molar refractivity (Wildman–Crippen MR) is 62.0 cm³/mol. The van der Waals surface area contributed by atoms with E-state index in [4.69, 9.17) is 14.7 Å². The molecule has 0 aliphatic heterocycles. The van der Waals surface area contributed by atoms with E-state index in [0.29, 0.717) is 5.69 Å². The maximum Gasteiger partial charge on any atom is 0.331 e. The fourth-order valence-electron chi connectivity index (χ4n) is 1.14. The molecule has 0 aliphatic carbocycles. The molecule has 0 spiro atoms. The number of hydrogen-bond acceptors (Lipinski definition) is 7. The van der Waals surface area contributed by atoms with Crippen LogP contribution in [-0.4, -0.2) is 35.3 Å². The molecule has 2 unspecified atom stereocenters. The Morgan fingerprint density at radius 2 is 2.33 bits per heavy atom. The highest BCUT2D eigenvalue weighted by Gasteiger charge is 2.35. The van der Waals surface area contributed by atoms with Crippen LogP contribution in [-0.2, 0) is 20.2 Å². The second-order valence-electron chi connectivity index (χ2n) is 3.10. The van der Waals surface area contributed by atoms with Crippen molar-refractivity contribution in [2.24, 2.45) is 0 Å². The molecule has 0 saturated carbocycles. The molecule has 1 aromatic heterocycles. The van der Waals surface area contributed by atoms with Crippen molar-refractivity contribution in [2.45, 2.75) is 12.5 Å². The second-order valence-corrected chi connectivity index (χ2v) is 4.52. The van der Waals surface area contributed by atoms with Crippen LogP contribution in [0.15, 0.2) is 19.1 Å². The lowest BCUT2D eigenvalue weighted by Crippen LogP contribution is -2.36. The van der Waals surface area contributed by atoms with Gasteiger partial charge in [-0.05, 0) is 6.08 Å². The van der Waals surface area contributed by atoms with Crippen LogP contribution in [0.3, 0.4) is 0 Å².